The Labute approximate surface area is 173 Å². The molecule has 1 aliphatic carbocycles. The summed E-state index contributed by atoms with van der Waals surface area (Å²) in [6.07, 6.45) is 0. The molecule has 0 saturated carbocycles. The second-order valence-corrected chi connectivity index (χ2v) is 8.04. The average Bonchev–Trinajstić information content (AvgIpc) is 2.97. The van der Waals surface area contributed by atoms with Gasteiger partial charge in [0.25, 0.3) is 0 Å². The summed E-state index contributed by atoms with van der Waals surface area (Å²) >= 11 is 0. The molecule has 2 heteroatoms. The number of rotatable bonds is 1. The molecule has 27 heavy (non-hydrogen) atoms. The molecule has 1 aromatic heterocycles. The van der Waals surface area contributed by atoms with E-state index in [0.29, 0.717) is 0 Å². The van der Waals surface area contributed by atoms with Crippen LogP contribution in [0.4, 0.5) is 0 Å². The second-order valence-electron chi connectivity index (χ2n) is 8.04. The summed E-state index contributed by atoms with van der Waals surface area (Å²) in [5.41, 5.74) is 9.70. The van der Waals surface area contributed by atoms with E-state index in [2.05, 4.69) is 87.5 Å². The van der Waals surface area contributed by atoms with E-state index in [1.807, 2.05) is 6.07 Å². The molecule has 0 aliphatic heterocycles. The van der Waals surface area contributed by atoms with Crippen molar-refractivity contribution in [2.24, 2.45) is 0 Å². The molecule has 1 radical (unpaired) electrons. The second kappa shape index (κ2) is 6.41. The predicted octanol–water partition coefficient (Wildman–Crippen LogP) is 6.64. The summed E-state index contributed by atoms with van der Waals surface area (Å²) in [5.74, 6) is 0. The fraction of sp³-hybridized carbons (Fsp3) is 0.160. The molecule has 0 N–H and O–H groups in total. The Bertz CT molecular complexity index is 1170. The monoisotopic (exact) mass is 527 g/mol. The minimum atomic E-state index is 0. The Balaban J connectivity index is 0.00000180. The van der Waals surface area contributed by atoms with Gasteiger partial charge in [-0.2, -0.15) is 0 Å². The summed E-state index contributed by atoms with van der Waals surface area (Å²) in [4.78, 5) is 4.98. The Kier molecular flexibility index (Phi) is 4.29. The molecule has 1 aliphatic rings. The number of hydrogen-bond acceptors (Lipinski definition) is 1. The van der Waals surface area contributed by atoms with Crippen molar-refractivity contribution in [2.75, 3.05) is 0 Å². The molecule has 0 fully saturated rings. The molecule has 5 rings (SSSR count). The number of aromatic nitrogens is 1. The molecule has 0 amide bonds. The van der Waals surface area contributed by atoms with E-state index < -0.39 is 0 Å². The largest absolute Gasteiger partial charge is 0.296 e. The molecule has 3 aromatic carbocycles. The van der Waals surface area contributed by atoms with Gasteiger partial charge in [0.05, 0.1) is 5.52 Å². The number of nitrogens with zero attached hydrogens (tertiary/aromatic N) is 1. The van der Waals surface area contributed by atoms with Crippen LogP contribution in [-0.4, -0.2) is 4.98 Å². The summed E-state index contributed by atoms with van der Waals surface area (Å²) in [5, 5.41) is 1.27. The summed E-state index contributed by atoms with van der Waals surface area (Å²) in [6.45, 7) is 6.71. The maximum absolute atomic E-state index is 4.98. The van der Waals surface area contributed by atoms with Crippen molar-refractivity contribution in [2.45, 2.75) is 26.2 Å². The zero-order valence-electron chi connectivity index (χ0n) is 15.6. The standard InChI is InChI=1S/C25H20N.Ir/c1-25(2,3)17-9-6-8-16(14-17)23-15-21-19-11-5-4-10-18(19)20-12-7-13-22(26-23)24(20)21;/h4-7,9-15H,1-3H3;/q-1;. The molecule has 0 unspecified atom stereocenters. The molecule has 0 atom stereocenters. The molecule has 135 valence electrons. The van der Waals surface area contributed by atoms with Crippen molar-refractivity contribution in [3.05, 3.63) is 78.4 Å². The molecule has 0 bridgehead atoms. The van der Waals surface area contributed by atoms with Crippen LogP contribution in [-0.2, 0) is 25.5 Å². The fourth-order valence-corrected chi connectivity index (χ4v) is 3.90. The van der Waals surface area contributed by atoms with Crippen LogP contribution in [0.25, 0.3) is 44.4 Å². The normalized spacial score (nSPS) is 12.0. The topological polar surface area (TPSA) is 12.9 Å². The minimum absolute atomic E-state index is 0. The number of hydrogen-bond donors (Lipinski definition) is 0. The van der Waals surface area contributed by atoms with Crippen LogP contribution in [0, 0.1) is 6.07 Å². The van der Waals surface area contributed by atoms with Gasteiger partial charge in [0.15, 0.2) is 0 Å². The zero-order valence-corrected chi connectivity index (χ0v) is 18.0. The van der Waals surface area contributed by atoms with Crippen LogP contribution >= 0.6 is 0 Å². The maximum atomic E-state index is 4.98. The summed E-state index contributed by atoms with van der Waals surface area (Å²) < 4.78 is 0. The van der Waals surface area contributed by atoms with Gasteiger partial charge in [0.2, 0.25) is 0 Å². The minimum Gasteiger partial charge on any atom is -0.296 e. The molecule has 4 aromatic rings. The van der Waals surface area contributed by atoms with E-state index in [9.17, 15) is 0 Å². The number of fused-ring (bicyclic) bond motifs is 3. The van der Waals surface area contributed by atoms with Crippen molar-refractivity contribution in [3.63, 3.8) is 0 Å². The van der Waals surface area contributed by atoms with Gasteiger partial charge < -0.3 is 0 Å². The van der Waals surface area contributed by atoms with Crippen LogP contribution in [0.1, 0.15) is 26.3 Å². The Hall–Kier alpha value is -2.28. The van der Waals surface area contributed by atoms with E-state index in [4.69, 9.17) is 4.98 Å². The number of pyridine rings is 1. The SMILES string of the molecule is CC(C)(C)c1cc[c-]c(-c2cc3c4c(cccc4n2)-c2ccccc2-3)c1.[Ir]. The first-order valence-electron chi connectivity index (χ1n) is 9.08. The molecular weight excluding hydrogens is 506 g/mol. The summed E-state index contributed by atoms with van der Waals surface area (Å²) in [6, 6.07) is 27.1. The zero-order chi connectivity index (χ0) is 17.9. The van der Waals surface area contributed by atoms with Gasteiger partial charge in [-0.15, -0.1) is 35.4 Å². The van der Waals surface area contributed by atoms with Crippen molar-refractivity contribution >= 4 is 10.9 Å². The Morgan fingerprint density at radius 1 is 0.778 bits per heavy atom. The quantitative estimate of drug-likeness (QED) is 0.223. The van der Waals surface area contributed by atoms with Gasteiger partial charge in [-0.3, -0.25) is 4.98 Å². The van der Waals surface area contributed by atoms with E-state index in [1.165, 1.54) is 33.2 Å². The van der Waals surface area contributed by atoms with E-state index in [-0.39, 0.29) is 25.5 Å². The third-order valence-electron chi connectivity index (χ3n) is 5.28. The number of benzene rings is 3. The van der Waals surface area contributed by atoms with Crippen LogP contribution in [0.15, 0.2) is 66.7 Å². The van der Waals surface area contributed by atoms with Gasteiger partial charge in [-0.05, 0) is 39.4 Å². The van der Waals surface area contributed by atoms with Gasteiger partial charge in [0, 0.05) is 25.5 Å². The maximum Gasteiger partial charge on any atom is 0.0607 e. The van der Waals surface area contributed by atoms with E-state index >= 15 is 0 Å². The van der Waals surface area contributed by atoms with Gasteiger partial charge in [-0.1, -0.05) is 63.2 Å². The van der Waals surface area contributed by atoms with Crippen molar-refractivity contribution in [3.8, 4) is 33.5 Å². The van der Waals surface area contributed by atoms with Crippen LogP contribution in [0.3, 0.4) is 0 Å². The predicted molar refractivity (Wildman–Crippen MR) is 109 cm³/mol. The molecular formula is C25H20IrN-. The Morgan fingerprint density at radius 3 is 2.22 bits per heavy atom. The average molecular weight is 527 g/mol. The van der Waals surface area contributed by atoms with Gasteiger partial charge in [0.1, 0.15) is 0 Å². The molecule has 0 spiro atoms. The van der Waals surface area contributed by atoms with Crippen molar-refractivity contribution in [1.82, 2.24) is 4.98 Å². The molecule has 0 saturated heterocycles. The molecule has 1 heterocycles. The first-order chi connectivity index (χ1) is 12.5. The van der Waals surface area contributed by atoms with Gasteiger partial charge in [-0.25, -0.2) is 0 Å². The fourth-order valence-electron chi connectivity index (χ4n) is 3.90. The van der Waals surface area contributed by atoms with Crippen molar-refractivity contribution in [1.29, 1.82) is 0 Å². The van der Waals surface area contributed by atoms with Crippen LogP contribution in [0.2, 0.25) is 0 Å². The van der Waals surface area contributed by atoms with E-state index in [1.54, 1.807) is 0 Å². The third-order valence-corrected chi connectivity index (χ3v) is 5.28. The first-order valence-corrected chi connectivity index (χ1v) is 9.08. The van der Waals surface area contributed by atoms with E-state index in [0.717, 1.165) is 16.8 Å². The first kappa shape index (κ1) is 18.1. The van der Waals surface area contributed by atoms with Crippen LogP contribution in [0.5, 0.6) is 0 Å². The van der Waals surface area contributed by atoms with Crippen molar-refractivity contribution < 1.29 is 20.1 Å². The summed E-state index contributed by atoms with van der Waals surface area (Å²) in [7, 11) is 0. The smallest absolute Gasteiger partial charge is 0.0607 e. The van der Waals surface area contributed by atoms with Crippen LogP contribution < -0.4 is 0 Å². The third kappa shape index (κ3) is 2.84. The van der Waals surface area contributed by atoms with Gasteiger partial charge >= 0.3 is 0 Å². The molecule has 1 nitrogen and oxygen atoms in total. The Morgan fingerprint density at radius 2 is 1.48 bits per heavy atom.